The second-order valence-electron chi connectivity index (χ2n) is 6.77. The Morgan fingerprint density at radius 1 is 1.12 bits per heavy atom. The number of hydrogen-bond acceptors (Lipinski definition) is 3. The number of alkyl halides is 6. The largest absolute Gasteiger partial charge is 0.573 e. The number of carbonyl (C=O) groups is 1. The topological polar surface area (TPSA) is 55.6 Å². The van der Waals surface area contributed by atoms with Gasteiger partial charge in [0, 0.05) is 24.2 Å². The Kier molecular flexibility index (Phi) is 6.52. The zero-order valence-corrected chi connectivity index (χ0v) is 17.5. The number of pyridine rings is 1. The molecule has 0 saturated carbocycles. The third-order valence-electron chi connectivity index (χ3n) is 4.33. The monoisotopic (exact) mass is 499 g/mol. The maximum atomic E-state index is 12.8. The second kappa shape index (κ2) is 8.70. The van der Waals surface area contributed by atoms with E-state index in [-0.39, 0.29) is 32.8 Å². The first-order chi connectivity index (χ1) is 14.7. The minimum atomic E-state index is -4.89. The van der Waals surface area contributed by atoms with Gasteiger partial charge >= 0.3 is 12.5 Å². The predicted molar refractivity (Wildman–Crippen MR) is 106 cm³/mol. The van der Waals surface area contributed by atoms with E-state index >= 15 is 0 Å². The maximum Gasteiger partial charge on any atom is 0.573 e. The van der Waals surface area contributed by atoms with Crippen LogP contribution in [-0.2, 0) is 4.79 Å². The summed E-state index contributed by atoms with van der Waals surface area (Å²) in [5.41, 5.74) is 0.652. The van der Waals surface area contributed by atoms with Crippen molar-refractivity contribution in [2.45, 2.75) is 25.9 Å². The molecule has 0 aliphatic heterocycles. The maximum absolute atomic E-state index is 12.8. The van der Waals surface area contributed by atoms with Gasteiger partial charge in [0.2, 0.25) is 5.91 Å². The van der Waals surface area contributed by atoms with E-state index in [0.717, 1.165) is 19.1 Å². The van der Waals surface area contributed by atoms with Gasteiger partial charge in [-0.1, -0.05) is 30.1 Å². The van der Waals surface area contributed by atoms with Crippen LogP contribution in [0.5, 0.6) is 5.75 Å². The van der Waals surface area contributed by atoms with Crippen LogP contribution in [-0.4, -0.2) is 27.8 Å². The fourth-order valence-electron chi connectivity index (χ4n) is 2.79. The Morgan fingerprint density at radius 2 is 1.75 bits per heavy atom. The van der Waals surface area contributed by atoms with Crippen LogP contribution in [0.2, 0.25) is 10.0 Å². The number of benzene rings is 1. The highest BCUT2D eigenvalue weighted by molar-refractivity contribution is 6.42. The van der Waals surface area contributed by atoms with Gasteiger partial charge in [-0.2, -0.15) is 13.2 Å². The van der Waals surface area contributed by atoms with Crippen molar-refractivity contribution in [1.82, 2.24) is 9.38 Å². The molecule has 2 aromatic heterocycles. The summed E-state index contributed by atoms with van der Waals surface area (Å²) in [4.78, 5) is 16.4. The van der Waals surface area contributed by atoms with Crippen LogP contribution < -0.4 is 10.1 Å². The van der Waals surface area contributed by atoms with E-state index in [2.05, 4.69) is 15.0 Å². The highest BCUT2D eigenvalue weighted by Gasteiger charge is 2.37. The molecular weight excluding hydrogens is 487 g/mol. The van der Waals surface area contributed by atoms with Crippen LogP contribution >= 0.6 is 23.2 Å². The fourth-order valence-corrected chi connectivity index (χ4v) is 3.09. The van der Waals surface area contributed by atoms with Gasteiger partial charge in [0.05, 0.1) is 21.7 Å². The van der Waals surface area contributed by atoms with Gasteiger partial charge in [0.1, 0.15) is 11.4 Å². The van der Waals surface area contributed by atoms with Crippen LogP contribution in [0, 0.1) is 5.92 Å². The molecule has 1 amide bonds. The molecule has 1 atom stereocenters. The lowest BCUT2D eigenvalue weighted by atomic mass is 10.1. The number of nitrogens with zero attached hydrogens (tertiary/aromatic N) is 2. The molecule has 0 aliphatic carbocycles. The molecule has 3 aromatic rings. The van der Waals surface area contributed by atoms with Crippen molar-refractivity contribution in [3.05, 3.63) is 46.6 Å². The molecule has 0 spiro atoms. The van der Waals surface area contributed by atoms with Gasteiger partial charge in [0.15, 0.2) is 5.82 Å². The summed E-state index contributed by atoms with van der Waals surface area (Å²) < 4.78 is 80.8. The Labute approximate surface area is 186 Å². The van der Waals surface area contributed by atoms with Crippen molar-refractivity contribution in [3.63, 3.8) is 0 Å². The number of ether oxygens (including phenoxy) is 1. The third-order valence-corrected chi connectivity index (χ3v) is 5.04. The van der Waals surface area contributed by atoms with Crippen LogP contribution in [0.1, 0.15) is 13.3 Å². The van der Waals surface area contributed by atoms with E-state index in [4.69, 9.17) is 23.2 Å². The van der Waals surface area contributed by atoms with Gasteiger partial charge in [-0.3, -0.25) is 9.20 Å². The number of carbonyl (C=O) groups excluding carboxylic acids is 1. The van der Waals surface area contributed by atoms with Crippen molar-refractivity contribution in [3.8, 4) is 17.0 Å². The van der Waals surface area contributed by atoms with Crippen LogP contribution in [0.25, 0.3) is 16.9 Å². The van der Waals surface area contributed by atoms with Gasteiger partial charge < -0.3 is 10.1 Å². The second-order valence-corrected chi connectivity index (χ2v) is 7.59. The average molecular weight is 500 g/mol. The van der Waals surface area contributed by atoms with Crippen molar-refractivity contribution in [2.24, 2.45) is 5.92 Å². The Bertz CT molecular complexity index is 1140. The Morgan fingerprint density at radius 3 is 2.31 bits per heavy atom. The normalized spacial score (nSPS) is 13.3. The molecule has 172 valence electrons. The molecule has 0 bridgehead atoms. The minimum absolute atomic E-state index is 0.110. The quantitative estimate of drug-likeness (QED) is 0.395. The summed E-state index contributed by atoms with van der Waals surface area (Å²) in [5, 5.41) is 2.57. The summed E-state index contributed by atoms with van der Waals surface area (Å²) in [5.74, 6) is -3.45. The molecule has 0 fully saturated rings. The molecule has 0 saturated heterocycles. The molecular formula is C19H13Cl2F6N3O2. The molecule has 0 aliphatic rings. The number of anilines is 1. The van der Waals surface area contributed by atoms with Gasteiger partial charge in [-0.25, -0.2) is 4.98 Å². The van der Waals surface area contributed by atoms with Gasteiger partial charge in [0.25, 0.3) is 0 Å². The average Bonchev–Trinajstić information content (AvgIpc) is 2.97. The zero-order valence-electron chi connectivity index (χ0n) is 16.0. The van der Waals surface area contributed by atoms with E-state index in [1.165, 1.54) is 28.8 Å². The SMILES string of the molecule is CC(CC(=O)Nc1nc2cc(Cl)c(Cl)cn2c1-c1ccc(OC(F)(F)F)cc1)C(F)(F)F. The lowest BCUT2D eigenvalue weighted by molar-refractivity contribution is -0.274. The number of imidazole rings is 1. The summed E-state index contributed by atoms with van der Waals surface area (Å²) in [6.07, 6.45) is -8.94. The standard InChI is InChI=1S/C19H13Cl2F6N3O2/c1-9(18(22,23)24)6-15(31)29-17-16(30-8-13(21)12(20)7-14(30)28-17)10-2-4-11(5-3-10)32-19(25,26)27/h2-5,7-9H,6H2,1H3,(H,29,31). The number of hydrogen-bond donors (Lipinski definition) is 1. The van der Waals surface area contributed by atoms with Crippen molar-refractivity contribution >= 4 is 40.6 Å². The first-order valence-electron chi connectivity index (χ1n) is 8.84. The smallest absolute Gasteiger partial charge is 0.406 e. The number of fused-ring (bicyclic) bond motifs is 1. The molecule has 13 heteroatoms. The molecule has 2 heterocycles. The molecule has 32 heavy (non-hydrogen) atoms. The van der Waals surface area contributed by atoms with Gasteiger partial charge in [-0.05, 0) is 24.3 Å². The van der Waals surface area contributed by atoms with Crippen molar-refractivity contribution < 1.29 is 35.9 Å². The zero-order chi connectivity index (χ0) is 23.8. The number of halogens is 8. The fraction of sp³-hybridized carbons (Fsp3) is 0.263. The Hall–Kier alpha value is -2.66. The highest BCUT2D eigenvalue weighted by atomic mass is 35.5. The van der Waals surface area contributed by atoms with E-state index in [1.807, 2.05) is 0 Å². The van der Waals surface area contributed by atoms with E-state index < -0.39 is 36.5 Å². The van der Waals surface area contributed by atoms with E-state index in [9.17, 15) is 31.1 Å². The predicted octanol–water partition coefficient (Wildman–Crippen LogP) is 6.73. The molecule has 1 aromatic carbocycles. The number of rotatable bonds is 5. The minimum Gasteiger partial charge on any atom is -0.406 e. The molecule has 1 N–H and O–H groups in total. The van der Waals surface area contributed by atoms with Gasteiger partial charge in [-0.15, -0.1) is 13.2 Å². The summed E-state index contributed by atoms with van der Waals surface area (Å²) in [6.45, 7) is 0.864. The van der Waals surface area contributed by atoms with Crippen LogP contribution in [0.3, 0.4) is 0 Å². The number of amides is 1. The number of nitrogens with one attached hydrogen (secondary N) is 1. The van der Waals surface area contributed by atoms with Crippen LogP contribution in [0.4, 0.5) is 32.2 Å². The first-order valence-corrected chi connectivity index (χ1v) is 9.60. The number of aromatic nitrogens is 2. The lowest BCUT2D eigenvalue weighted by Gasteiger charge is -2.15. The molecule has 0 radical (unpaired) electrons. The molecule has 5 nitrogen and oxygen atoms in total. The van der Waals surface area contributed by atoms with E-state index in [0.29, 0.717) is 0 Å². The lowest BCUT2D eigenvalue weighted by Crippen LogP contribution is -2.25. The van der Waals surface area contributed by atoms with Crippen molar-refractivity contribution in [1.29, 1.82) is 0 Å². The third kappa shape index (κ3) is 5.57. The Balaban J connectivity index is 2.02. The van der Waals surface area contributed by atoms with Crippen molar-refractivity contribution in [2.75, 3.05) is 5.32 Å². The van der Waals surface area contributed by atoms with Crippen LogP contribution in [0.15, 0.2) is 36.5 Å². The summed E-state index contributed by atoms with van der Waals surface area (Å²) >= 11 is 12.0. The van der Waals surface area contributed by atoms with E-state index in [1.54, 1.807) is 0 Å². The molecule has 1 unspecified atom stereocenters. The first kappa shape index (κ1) is 24.0. The summed E-state index contributed by atoms with van der Waals surface area (Å²) in [6, 6.07) is 5.97. The molecule has 3 rings (SSSR count). The highest BCUT2D eigenvalue weighted by Crippen LogP contribution is 2.35. The summed E-state index contributed by atoms with van der Waals surface area (Å²) in [7, 11) is 0.